The molecule has 0 saturated heterocycles. The first-order chi connectivity index (χ1) is 12.6. The number of nitrogens with one attached hydrogen (secondary N) is 1. The number of ether oxygens (including phenoxy) is 1. The van der Waals surface area contributed by atoms with Gasteiger partial charge in [-0.25, -0.2) is 4.98 Å². The molecule has 142 valence electrons. The number of benzene rings is 1. The van der Waals surface area contributed by atoms with Crippen LogP contribution in [0.1, 0.15) is 33.6 Å². The molecule has 0 spiro atoms. The van der Waals surface area contributed by atoms with E-state index in [4.69, 9.17) is 4.74 Å². The summed E-state index contributed by atoms with van der Waals surface area (Å²) in [5, 5.41) is 4.10. The van der Waals surface area contributed by atoms with Gasteiger partial charge in [0.15, 0.2) is 5.16 Å². The summed E-state index contributed by atoms with van der Waals surface area (Å²) in [5.41, 5.74) is 0.584. The monoisotopic (exact) mass is 377 g/mol. The van der Waals surface area contributed by atoms with Crippen molar-refractivity contribution in [1.29, 1.82) is 0 Å². The van der Waals surface area contributed by atoms with E-state index in [2.05, 4.69) is 10.3 Å². The molecule has 0 saturated carbocycles. The van der Waals surface area contributed by atoms with Gasteiger partial charge in [-0.1, -0.05) is 30.8 Å². The Kier molecular flexibility index (Phi) is 8.12. The number of para-hydroxylation sites is 1. The minimum Gasteiger partial charge on any atom is -0.382 e. The van der Waals surface area contributed by atoms with Gasteiger partial charge < -0.3 is 10.1 Å². The van der Waals surface area contributed by atoms with Crippen LogP contribution >= 0.6 is 11.8 Å². The third-order valence-electron chi connectivity index (χ3n) is 4.05. The predicted octanol–water partition coefficient (Wildman–Crippen LogP) is 2.83. The van der Waals surface area contributed by atoms with E-state index >= 15 is 0 Å². The van der Waals surface area contributed by atoms with Crippen molar-refractivity contribution in [1.82, 2.24) is 14.9 Å². The Bertz CT molecular complexity index is 791. The van der Waals surface area contributed by atoms with Crippen LogP contribution in [0.4, 0.5) is 0 Å². The Morgan fingerprint density at radius 2 is 2.12 bits per heavy atom. The zero-order chi connectivity index (χ0) is 18.9. The highest BCUT2D eigenvalue weighted by Crippen LogP contribution is 2.18. The van der Waals surface area contributed by atoms with E-state index in [1.165, 1.54) is 11.8 Å². The topological polar surface area (TPSA) is 73.2 Å². The molecule has 2 rings (SSSR count). The standard InChI is InChI=1S/C19H27N3O3S/c1-4-14(3)20-17(23)13-26-19-21-16-10-7-6-9-15(16)18(24)22(19)11-8-12-25-5-2/h6-7,9-10,14H,4-5,8,11-13H2,1-3H3,(H,20,23). The summed E-state index contributed by atoms with van der Waals surface area (Å²) in [7, 11) is 0. The number of hydrogen-bond acceptors (Lipinski definition) is 5. The highest BCUT2D eigenvalue weighted by Gasteiger charge is 2.13. The molecule has 1 aromatic carbocycles. The fraction of sp³-hybridized carbons (Fsp3) is 0.526. The predicted molar refractivity (Wildman–Crippen MR) is 106 cm³/mol. The minimum atomic E-state index is -0.0723. The van der Waals surface area contributed by atoms with Crippen LogP contribution in [-0.2, 0) is 16.1 Å². The van der Waals surface area contributed by atoms with E-state index < -0.39 is 0 Å². The Hall–Kier alpha value is -1.86. The zero-order valence-electron chi connectivity index (χ0n) is 15.7. The van der Waals surface area contributed by atoms with E-state index in [1.807, 2.05) is 39.0 Å². The number of carbonyl (C=O) groups is 1. The van der Waals surface area contributed by atoms with Crippen molar-refractivity contribution < 1.29 is 9.53 Å². The van der Waals surface area contributed by atoms with Crippen molar-refractivity contribution in [2.75, 3.05) is 19.0 Å². The summed E-state index contributed by atoms with van der Waals surface area (Å²) in [4.78, 5) is 29.5. The summed E-state index contributed by atoms with van der Waals surface area (Å²) < 4.78 is 7.03. The van der Waals surface area contributed by atoms with E-state index in [0.29, 0.717) is 35.8 Å². The Morgan fingerprint density at radius 1 is 1.35 bits per heavy atom. The first-order valence-electron chi connectivity index (χ1n) is 9.06. The lowest BCUT2D eigenvalue weighted by Crippen LogP contribution is -2.33. The molecule has 6 nitrogen and oxygen atoms in total. The molecular weight excluding hydrogens is 350 g/mol. The van der Waals surface area contributed by atoms with Gasteiger partial charge in [0.05, 0.1) is 16.7 Å². The van der Waals surface area contributed by atoms with E-state index in [0.717, 1.165) is 12.8 Å². The van der Waals surface area contributed by atoms with Crippen LogP contribution in [0.3, 0.4) is 0 Å². The second-order valence-electron chi connectivity index (χ2n) is 6.08. The average molecular weight is 378 g/mol. The Morgan fingerprint density at radius 3 is 2.85 bits per heavy atom. The molecule has 0 aliphatic rings. The minimum absolute atomic E-state index is 0.0485. The van der Waals surface area contributed by atoms with Crippen molar-refractivity contribution in [3.8, 4) is 0 Å². The molecule has 0 fully saturated rings. The van der Waals surface area contributed by atoms with Crippen LogP contribution in [-0.4, -0.2) is 40.5 Å². The van der Waals surface area contributed by atoms with Gasteiger partial charge in [0.1, 0.15) is 0 Å². The smallest absolute Gasteiger partial charge is 0.262 e. The van der Waals surface area contributed by atoms with E-state index in [9.17, 15) is 9.59 Å². The number of rotatable bonds is 10. The number of fused-ring (bicyclic) bond motifs is 1. The fourth-order valence-corrected chi connectivity index (χ4v) is 3.31. The summed E-state index contributed by atoms with van der Waals surface area (Å²) in [5.74, 6) is 0.188. The normalized spacial score (nSPS) is 12.3. The van der Waals surface area contributed by atoms with Crippen LogP contribution in [0.15, 0.2) is 34.2 Å². The maximum Gasteiger partial charge on any atom is 0.262 e. The molecule has 0 aliphatic heterocycles. The van der Waals surface area contributed by atoms with E-state index in [1.54, 1.807) is 10.6 Å². The van der Waals surface area contributed by atoms with Gasteiger partial charge in [0.25, 0.3) is 5.56 Å². The first-order valence-corrected chi connectivity index (χ1v) is 10.0. The van der Waals surface area contributed by atoms with Crippen molar-refractivity contribution in [3.05, 3.63) is 34.6 Å². The maximum absolute atomic E-state index is 12.9. The SMILES string of the molecule is CCOCCCn1c(SCC(=O)NC(C)CC)nc2ccccc2c1=O. The zero-order valence-corrected chi connectivity index (χ0v) is 16.5. The molecule has 1 heterocycles. The number of carbonyl (C=O) groups excluding carboxylic acids is 1. The van der Waals surface area contributed by atoms with Gasteiger partial charge >= 0.3 is 0 Å². The lowest BCUT2D eigenvalue weighted by Gasteiger charge is -2.14. The van der Waals surface area contributed by atoms with E-state index in [-0.39, 0.29) is 23.3 Å². The van der Waals surface area contributed by atoms with Gasteiger partial charge in [-0.2, -0.15) is 0 Å². The quantitative estimate of drug-likeness (QED) is 0.392. The van der Waals surface area contributed by atoms with Crippen LogP contribution in [0, 0.1) is 0 Å². The summed E-state index contributed by atoms with van der Waals surface area (Å²) >= 11 is 1.30. The van der Waals surface area contributed by atoms with Crippen molar-refractivity contribution >= 4 is 28.6 Å². The fourth-order valence-electron chi connectivity index (χ4n) is 2.47. The largest absolute Gasteiger partial charge is 0.382 e. The molecule has 1 aromatic heterocycles. The summed E-state index contributed by atoms with van der Waals surface area (Å²) in [6.45, 7) is 7.71. The second-order valence-corrected chi connectivity index (χ2v) is 7.03. The molecule has 0 radical (unpaired) electrons. The van der Waals surface area contributed by atoms with Crippen LogP contribution in [0.25, 0.3) is 10.9 Å². The maximum atomic E-state index is 12.9. The number of thioether (sulfide) groups is 1. The van der Waals surface area contributed by atoms with Crippen LogP contribution in [0.2, 0.25) is 0 Å². The molecule has 0 aliphatic carbocycles. The molecular formula is C19H27N3O3S. The Balaban J connectivity index is 2.21. The number of amides is 1. The number of nitrogens with zero attached hydrogens (tertiary/aromatic N) is 2. The third kappa shape index (κ3) is 5.57. The van der Waals surface area contributed by atoms with Crippen LogP contribution < -0.4 is 10.9 Å². The second kappa shape index (κ2) is 10.3. The molecule has 26 heavy (non-hydrogen) atoms. The lowest BCUT2D eigenvalue weighted by molar-refractivity contribution is -0.119. The molecule has 1 N–H and O–H groups in total. The van der Waals surface area contributed by atoms with Crippen molar-refractivity contribution in [3.63, 3.8) is 0 Å². The van der Waals surface area contributed by atoms with Crippen LogP contribution in [0.5, 0.6) is 0 Å². The first kappa shape index (κ1) is 20.5. The highest BCUT2D eigenvalue weighted by molar-refractivity contribution is 7.99. The van der Waals surface area contributed by atoms with Crippen molar-refractivity contribution in [2.45, 2.75) is 51.4 Å². The average Bonchev–Trinajstić information content (AvgIpc) is 2.65. The summed E-state index contributed by atoms with van der Waals surface area (Å²) in [6, 6.07) is 7.44. The molecule has 2 aromatic rings. The van der Waals surface area contributed by atoms with Gasteiger partial charge in [0, 0.05) is 25.8 Å². The molecule has 7 heteroatoms. The number of hydrogen-bond donors (Lipinski definition) is 1. The molecule has 0 bridgehead atoms. The molecule has 1 atom stereocenters. The van der Waals surface area contributed by atoms with Gasteiger partial charge in [0.2, 0.25) is 5.91 Å². The highest BCUT2D eigenvalue weighted by atomic mass is 32.2. The van der Waals surface area contributed by atoms with Gasteiger partial charge in [-0.05, 0) is 38.8 Å². The summed E-state index contributed by atoms with van der Waals surface area (Å²) in [6.07, 6.45) is 1.60. The van der Waals surface area contributed by atoms with Crippen molar-refractivity contribution in [2.24, 2.45) is 0 Å². The molecule has 1 unspecified atom stereocenters. The number of aromatic nitrogens is 2. The third-order valence-corrected chi connectivity index (χ3v) is 5.03. The Labute approximate surface area is 158 Å². The van der Waals surface area contributed by atoms with Gasteiger partial charge in [-0.3, -0.25) is 14.2 Å². The lowest BCUT2D eigenvalue weighted by atomic mass is 10.2. The molecule has 1 amide bonds. The van der Waals surface area contributed by atoms with Gasteiger partial charge in [-0.15, -0.1) is 0 Å².